The molecule has 5 atom stereocenters. The molecule has 1 aliphatic heterocycles. The summed E-state index contributed by atoms with van der Waals surface area (Å²) in [7, 11) is 0. The molecule has 0 bridgehead atoms. The minimum Gasteiger partial charge on any atom is -0.394 e. The van der Waals surface area contributed by atoms with Crippen molar-refractivity contribution in [2.45, 2.75) is 37.4 Å². The first kappa shape index (κ1) is 19.5. The van der Waals surface area contributed by atoms with Crippen LogP contribution in [0.15, 0.2) is 36.7 Å². The van der Waals surface area contributed by atoms with Crippen molar-refractivity contribution in [3.05, 3.63) is 47.9 Å². The molecule has 8 nitrogen and oxygen atoms in total. The summed E-state index contributed by atoms with van der Waals surface area (Å²) in [6.07, 6.45) is -2.89. The van der Waals surface area contributed by atoms with Gasteiger partial charge in [0.15, 0.2) is 0 Å². The summed E-state index contributed by atoms with van der Waals surface area (Å²) in [5.74, 6) is 5.79. The Hall–Kier alpha value is -2.80. The molecule has 29 heavy (non-hydrogen) atoms. The van der Waals surface area contributed by atoms with Crippen molar-refractivity contribution >= 4 is 10.9 Å². The Morgan fingerprint density at radius 1 is 1.10 bits per heavy atom. The molecule has 0 spiro atoms. The van der Waals surface area contributed by atoms with Gasteiger partial charge in [0.1, 0.15) is 30.5 Å². The molecule has 3 aromatic rings. The molecule has 8 heteroatoms. The summed E-state index contributed by atoms with van der Waals surface area (Å²) in [6, 6.07) is 7.76. The van der Waals surface area contributed by atoms with E-state index in [0.29, 0.717) is 5.56 Å². The smallest absolute Gasteiger partial charge is 0.147 e. The van der Waals surface area contributed by atoms with Crippen LogP contribution in [0.1, 0.15) is 11.3 Å². The number of nitrogens with one attached hydrogen (secondary N) is 1. The molecule has 4 rings (SSSR count). The van der Waals surface area contributed by atoms with Gasteiger partial charge < -0.3 is 25.2 Å². The zero-order valence-electron chi connectivity index (χ0n) is 15.6. The maximum Gasteiger partial charge on any atom is 0.147 e. The van der Waals surface area contributed by atoms with Gasteiger partial charge in [-0.2, -0.15) is 5.10 Å². The lowest BCUT2D eigenvalue weighted by Crippen LogP contribution is -2.58. The third-order valence-electron chi connectivity index (χ3n) is 5.02. The molecule has 4 unspecified atom stereocenters. The van der Waals surface area contributed by atoms with E-state index in [1.165, 1.54) is 0 Å². The Bertz CT molecular complexity index is 1080. The van der Waals surface area contributed by atoms with Crippen LogP contribution in [0.3, 0.4) is 0 Å². The van der Waals surface area contributed by atoms with E-state index in [4.69, 9.17) is 4.74 Å². The molecule has 0 aliphatic carbocycles. The molecule has 1 aromatic carbocycles. The van der Waals surface area contributed by atoms with Crippen LogP contribution in [0, 0.1) is 18.8 Å². The van der Waals surface area contributed by atoms with E-state index in [0.717, 1.165) is 27.7 Å². The summed E-state index contributed by atoms with van der Waals surface area (Å²) in [5, 5.41) is 47.2. The zero-order valence-corrected chi connectivity index (χ0v) is 15.6. The molecule has 0 amide bonds. The first-order chi connectivity index (χ1) is 14.0. The van der Waals surface area contributed by atoms with Crippen molar-refractivity contribution in [2.75, 3.05) is 6.61 Å². The van der Waals surface area contributed by atoms with Gasteiger partial charge in [0.05, 0.1) is 23.9 Å². The second-order valence-corrected chi connectivity index (χ2v) is 7.06. The maximum absolute atomic E-state index is 10.2. The fourth-order valence-corrected chi connectivity index (χ4v) is 3.42. The average Bonchev–Trinajstić information content (AvgIpc) is 3.20. The van der Waals surface area contributed by atoms with Crippen LogP contribution in [-0.4, -0.2) is 72.7 Å². The van der Waals surface area contributed by atoms with E-state index < -0.39 is 37.1 Å². The monoisotopic (exact) mass is 395 g/mol. The van der Waals surface area contributed by atoms with Crippen LogP contribution in [0.4, 0.5) is 0 Å². The van der Waals surface area contributed by atoms with Gasteiger partial charge in [-0.25, -0.2) is 0 Å². The van der Waals surface area contributed by atoms with Gasteiger partial charge in [0.25, 0.3) is 0 Å². The molecule has 5 N–H and O–H groups in total. The number of aliphatic hydroxyl groups excluding tert-OH is 4. The summed E-state index contributed by atoms with van der Waals surface area (Å²) in [5.41, 5.74) is 4.18. The standard InChI is InChI=1S/C21H21N3O5/c1-11-6-12(4-5-22-11)14-7-13(18-15(8-14)9-23-24-18)2-3-16-19(26)21(28)20(27)17(10-25)29-16/h4-9,16-17,19-21,25-28H,10H2,1H3,(H,23,24)/t16?,17?,19?,20-,21?/m1/s1. The van der Waals surface area contributed by atoms with E-state index in [1.807, 2.05) is 31.2 Å². The van der Waals surface area contributed by atoms with Crippen molar-refractivity contribution < 1.29 is 25.2 Å². The van der Waals surface area contributed by atoms with Crippen molar-refractivity contribution in [3.63, 3.8) is 0 Å². The van der Waals surface area contributed by atoms with Gasteiger partial charge in [0.2, 0.25) is 0 Å². The van der Waals surface area contributed by atoms with Gasteiger partial charge in [-0.1, -0.05) is 11.8 Å². The van der Waals surface area contributed by atoms with Crippen molar-refractivity contribution in [1.82, 2.24) is 15.2 Å². The number of hydrogen-bond donors (Lipinski definition) is 5. The first-order valence-corrected chi connectivity index (χ1v) is 9.20. The van der Waals surface area contributed by atoms with Crippen LogP contribution >= 0.6 is 0 Å². The number of aliphatic hydroxyl groups is 4. The van der Waals surface area contributed by atoms with Gasteiger partial charge in [-0.05, 0) is 42.3 Å². The summed E-state index contributed by atoms with van der Waals surface area (Å²) in [4.78, 5) is 4.22. The number of fused-ring (bicyclic) bond motifs is 1. The Kier molecular flexibility index (Phi) is 5.32. The van der Waals surface area contributed by atoms with Crippen molar-refractivity contribution in [2.24, 2.45) is 0 Å². The maximum atomic E-state index is 10.2. The number of hydrogen-bond acceptors (Lipinski definition) is 7. The highest BCUT2D eigenvalue weighted by Gasteiger charge is 2.42. The van der Waals surface area contributed by atoms with Crippen LogP contribution in [-0.2, 0) is 4.74 Å². The molecule has 150 valence electrons. The minimum atomic E-state index is -1.46. The lowest BCUT2D eigenvalue weighted by molar-refractivity contribution is -0.214. The predicted octanol–water partition coefficient (Wildman–Crippen LogP) is 0.127. The highest BCUT2D eigenvalue weighted by Crippen LogP contribution is 2.27. The largest absolute Gasteiger partial charge is 0.394 e. The quantitative estimate of drug-likeness (QED) is 0.390. The highest BCUT2D eigenvalue weighted by molar-refractivity contribution is 5.89. The Morgan fingerprint density at radius 2 is 1.93 bits per heavy atom. The molecule has 1 fully saturated rings. The molecule has 0 saturated carbocycles. The fraction of sp³-hybridized carbons (Fsp3) is 0.333. The van der Waals surface area contributed by atoms with E-state index in [9.17, 15) is 20.4 Å². The van der Waals surface area contributed by atoms with Crippen molar-refractivity contribution in [1.29, 1.82) is 0 Å². The van der Waals surface area contributed by atoms with E-state index in [2.05, 4.69) is 27.0 Å². The van der Waals surface area contributed by atoms with Crippen LogP contribution in [0.25, 0.3) is 22.0 Å². The lowest BCUT2D eigenvalue weighted by atomic mass is 9.95. The predicted molar refractivity (Wildman–Crippen MR) is 105 cm³/mol. The summed E-state index contributed by atoms with van der Waals surface area (Å²) >= 11 is 0. The van der Waals surface area contributed by atoms with Gasteiger partial charge >= 0.3 is 0 Å². The molecule has 1 aliphatic rings. The fourth-order valence-electron chi connectivity index (χ4n) is 3.42. The third kappa shape index (κ3) is 3.74. The SMILES string of the molecule is Cc1cc(-c2cc(C#CC3OC(CO)[C@@H](O)C(O)C3O)c3[nH]ncc3c2)ccn1. The second-order valence-electron chi connectivity index (χ2n) is 7.06. The summed E-state index contributed by atoms with van der Waals surface area (Å²) < 4.78 is 5.46. The second kappa shape index (κ2) is 7.91. The zero-order chi connectivity index (χ0) is 20.5. The number of benzene rings is 1. The van der Waals surface area contributed by atoms with Gasteiger partial charge in [-0.3, -0.25) is 10.1 Å². The van der Waals surface area contributed by atoms with Gasteiger partial charge in [0, 0.05) is 17.3 Å². The first-order valence-electron chi connectivity index (χ1n) is 9.20. The molecule has 1 saturated heterocycles. The Balaban J connectivity index is 1.73. The number of aryl methyl sites for hydroxylation is 1. The third-order valence-corrected chi connectivity index (χ3v) is 5.02. The van der Waals surface area contributed by atoms with Crippen LogP contribution < -0.4 is 0 Å². The van der Waals surface area contributed by atoms with Gasteiger partial charge in [-0.15, -0.1) is 0 Å². The number of rotatable bonds is 2. The molecule has 3 heterocycles. The molecular formula is C21H21N3O5. The molecular weight excluding hydrogens is 374 g/mol. The number of H-pyrrole nitrogens is 1. The Morgan fingerprint density at radius 3 is 2.69 bits per heavy atom. The lowest BCUT2D eigenvalue weighted by Gasteiger charge is -2.37. The van der Waals surface area contributed by atoms with Crippen LogP contribution in [0.5, 0.6) is 0 Å². The number of nitrogens with zero attached hydrogens (tertiary/aromatic N) is 2. The topological polar surface area (TPSA) is 132 Å². The average molecular weight is 395 g/mol. The van der Waals surface area contributed by atoms with E-state index >= 15 is 0 Å². The van der Waals surface area contributed by atoms with Crippen LogP contribution in [0.2, 0.25) is 0 Å². The molecule has 0 radical (unpaired) electrons. The highest BCUT2D eigenvalue weighted by atomic mass is 16.5. The molecule has 2 aromatic heterocycles. The number of aromatic nitrogens is 3. The normalized spacial score (nSPS) is 26.9. The number of pyridine rings is 1. The van der Waals surface area contributed by atoms with Crippen molar-refractivity contribution in [3.8, 4) is 23.0 Å². The summed E-state index contributed by atoms with van der Waals surface area (Å²) in [6.45, 7) is 1.42. The number of aromatic amines is 1. The Labute approximate surface area is 166 Å². The van der Waals surface area contributed by atoms with E-state index in [1.54, 1.807) is 12.4 Å². The number of ether oxygens (including phenoxy) is 1. The minimum absolute atomic E-state index is 0.495. The van der Waals surface area contributed by atoms with E-state index in [-0.39, 0.29) is 0 Å².